The first-order valence-corrected chi connectivity index (χ1v) is 8.35. The van der Waals surface area contributed by atoms with Gasteiger partial charge >= 0.3 is 0 Å². The molecule has 0 fully saturated rings. The van der Waals surface area contributed by atoms with Crippen molar-refractivity contribution in [3.8, 4) is 0 Å². The molecule has 1 aromatic heterocycles. The standard InChI is InChI=1S/C21H15FN4O/c22-15-10-12-16(13-11-15)23-19-20(25-18-9-5-4-8-17(18)24-19)26-21(27)14-6-2-1-3-7-14/h1-13H,(H,23,24)(H,25,26,27). The van der Waals surface area contributed by atoms with Crippen LogP contribution in [0.1, 0.15) is 10.4 Å². The molecule has 27 heavy (non-hydrogen) atoms. The minimum atomic E-state index is -0.331. The molecule has 2 N–H and O–H groups in total. The number of para-hydroxylation sites is 2. The van der Waals surface area contributed by atoms with Crippen molar-refractivity contribution >= 4 is 34.3 Å². The van der Waals surface area contributed by atoms with Crippen LogP contribution in [-0.2, 0) is 0 Å². The summed E-state index contributed by atoms with van der Waals surface area (Å²) in [5, 5.41) is 5.90. The van der Waals surface area contributed by atoms with Crippen molar-refractivity contribution in [3.05, 3.63) is 90.2 Å². The summed E-state index contributed by atoms with van der Waals surface area (Å²) in [4.78, 5) is 21.6. The zero-order valence-corrected chi connectivity index (χ0v) is 14.2. The summed E-state index contributed by atoms with van der Waals surface area (Å²) < 4.78 is 13.2. The van der Waals surface area contributed by atoms with Crippen molar-refractivity contribution in [2.24, 2.45) is 0 Å². The number of nitrogens with one attached hydrogen (secondary N) is 2. The molecule has 1 amide bonds. The molecule has 5 nitrogen and oxygen atoms in total. The second-order valence-corrected chi connectivity index (χ2v) is 5.86. The van der Waals surface area contributed by atoms with Gasteiger partial charge in [-0.15, -0.1) is 0 Å². The highest BCUT2D eigenvalue weighted by Gasteiger charge is 2.13. The summed E-state index contributed by atoms with van der Waals surface area (Å²) in [5.41, 5.74) is 2.49. The second kappa shape index (κ2) is 7.21. The van der Waals surface area contributed by atoms with E-state index in [0.29, 0.717) is 33.9 Å². The van der Waals surface area contributed by atoms with Crippen molar-refractivity contribution in [1.29, 1.82) is 0 Å². The summed E-state index contributed by atoms with van der Waals surface area (Å²) in [6.07, 6.45) is 0. The molecule has 0 spiro atoms. The predicted molar refractivity (Wildman–Crippen MR) is 104 cm³/mol. The third-order valence-electron chi connectivity index (χ3n) is 3.95. The van der Waals surface area contributed by atoms with Crippen molar-refractivity contribution < 1.29 is 9.18 Å². The van der Waals surface area contributed by atoms with Crippen LogP contribution in [0.3, 0.4) is 0 Å². The van der Waals surface area contributed by atoms with Gasteiger partial charge in [-0.1, -0.05) is 30.3 Å². The van der Waals surface area contributed by atoms with E-state index in [0.717, 1.165) is 0 Å². The van der Waals surface area contributed by atoms with Crippen LogP contribution in [0.15, 0.2) is 78.9 Å². The summed E-state index contributed by atoms with van der Waals surface area (Å²) in [6.45, 7) is 0. The van der Waals surface area contributed by atoms with E-state index in [-0.39, 0.29) is 11.7 Å². The molecule has 0 aliphatic carbocycles. The van der Waals surface area contributed by atoms with Crippen LogP contribution in [0, 0.1) is 5.82 Å². The number of hydrogen-bond donors (Lipinski definition) is 2. The van der Waals surface area contributed by atoms with Crippen molar-refractivity contribution in [2.75, 3.05) is 10.6 Å². The summed E-state index contributed by atoms with van der Waals surface area (Å²) in [6, 6.07) is 22.1. The number of fused-ring (bicyclic) bond motifs is 1. The number of carbonyl (C=O) groups is 1. The SMILES string of the molecule is O=C(Nc1nc2ccccc2nc1Nc1ccc(F)cc1)c1ccccc1. The van der Waals surface area contributed by atoms with Gasteiger partial charge in [0.1, 0.15) is 5.82 Å². The molecule has 0 aliphatic heterocycles. The van der Waals surface area contributed by atoms with Gasteiger partial charge in [-0.05, 0) is 48.5 Å². The van der Waals surface area contributed by atoms with Crippen LogP contribution in [0.5, 0.6) is 0 Å². The van der Waals surface area contributed by atoms with Crippen LogP contribution >= 0.6 is 0 Å². The molecule has 4 aromatic rings. The number of aromatic nitrogens is 2. The van der Waals surface area contributed by atoms with Gasteiger partial charge < -0.3 is 10.6 Å². The fourth-order valence-corrected chi connectivity index (χ4v) is 2.61. The first kappa shape index (κ1) is 16.7. The topological polar surface area (TPSA) is 66.9 Å². The average molecular weight is 358 g/mol. The van der Waals surface area contributed by atoms with Crippen LogP contribution in [0.25, 0.3) is 11.0 Å². The monoisotopic (exact) mass is 358 g/mol. The molecule has 3 aromatic carbocycles. The number of nitrogens with zero attached hydrogens (tertiary/aromatic N) is 2. The largest absolute Gasteiger partial charge is 0.337 e. The molecule has 0 bridgehead atoms. The lowest BCUT2D eigenvalue weighted by molar-refractivity contribution is 0.102. The number of halogens is 1. The van der Waals surface area contributed by atoms with Crippen LogP contribution < -0.4 is 10.6 Å². The Bertz CT molecular complexity index is 1100. The van der Waals surface area contributed by atoms with E-state index >= 15 is 0 Å². The minimum absolute atomic E-state index is 0.290. The first-order valence-electron chi connectivity index (χ1n) is 8.35. The minimum Gasteiger partial charge on any atom is -0.337 e. The Morgan fingerprint density at radius 3 is 2.00 bits per heavy atom. The molecule has 0 saturated heterocycles. The maximum atomic E-state index is 13.2. The average Bonchev–Trinajstić information content (AvgIpc) is 2.70. The van der Waals surface area contributed by atoms with Gasteiger partial charge in [-0.3, -0.25) is 4.79 Å². The quantitative estimate of drug-likeness (QED) is 0.552. The summed E-state index contributed by atoms with van der Waals surface area (Å²) in [7, 11) is 0. The highest BCUT2D eigenvalue weighted by atomic mass is 19.1. The van der Waals surface area contributed by atoms with Gasteiger partial charge in [0.15, 0.2) is 11.6 Å². The Balaban J connectivity index is 1.72. The molecule has 4 rings (SSSR count). The Labute approximate surface area is 154 Å². The van der Waals surface area contributed by atoms with Crippen LogP contribution in [-0.4, -0.2) is 15.9 Å². The van der Waals surface area contributed by atoms with Gasteiger partial charge in [0.25, 0.3) is 5.91 Å². The van der Waals surface area contributed by atoms with E-state index in [9.17, 15) is 9.18 Å². The fourth-order valence-electron chi connectivity index (χ4n) is 2.61. The number of hydrogen-bond acceptors (Lipinski definition) is 4. The molecule has 132 valence electrons. The predicted octanol–water partition coefficient (Wildman–Crippen LogP) is 4.76. The maximum absolute atomic E-state index is 13.2. The number of carbonyl (C=O) groups excluding carboxylic acids is 1. The Morgan fingerprint density at radius 2 is 1.33 bits per heavy atom. The molecule has 0 radical (unpaired) electrons. The first-order chi connectivity index (χ1) is 13.2. The van der Waals surface area contributed by atoms with E-state index in [4.69, 9.17) is 0 Å². The molecule has 0 unspecified atom stereocenters. The third kappa shape index (κ3) is 3.74. The number of amides is 1. The molecule has 0 atom stereocenters. The summed E-state index contributed by atoms with van der Waals surface area (Å²) in [5.74, 6) is 0.0570. The normalized spacial score (nSPS) is 10.6. The zero-order valence-electron chi connectivity index (χ0n) is 14.2. The molecule has 0 aliphatic rings. The maximum Gasteiger partial charge on any atom is 0.256 e. The number of benzene rings is 3. The van der Waals surface area contributed by atoms with E-state index in [2.05, 4.69) is 20.6 Å². The van der Waals surface area contributed by atoms with Gasteiger partial charge in [0.05, 0.1) is 11.0 Å². The lowest BCUT2D eigenvalue weighted by Gasteiger charge is -2.13. The number of rotatable bonds is 4. The molecular formula is C21H15FN4O. The van der Waals surface area contributed by atoms with Gasteiger partial charge in [0.2, 0.25) is 0 Å². The lowest BCUT2D eigenvalue weighted by atomic mass is 10.2. The van der Waals surface area contributed by atoms with E-state index < -0.39 is 0 Å². The van der Waals surface area contributed by atoms with Crippen molar-refractivity contribution in [1.82, 2.24) is 9.97 Å². The van der Waals surface area contributed by atoms with Gasteiger partial charge in [-0.25, -0.2) is 14.4 Å². The molecule has 0 saturated carbocycles. The smallest absolute Gasteiger partial charge is 0.256 e. The van der Waals surface area contributed by atoms with Gasteiger partial charge in [-0.2, -0.15) is 0 Å². The zero-order chi connectivity index (χ0) is 18.6. The van der Waals surface area contributed by atoms with E-state index in [1.165, 1.54) is 12.1 Å². The van der Waals surface area contributed by atoms with Gasteiger partial charge in [0, 0.05) is 11.3 Å². The van der Waals surface area contributed by atoms with Crippen molar-refractivity contribution in [2.45, 2.75) is 0 Å². The highest BCUT2D eigenvalue weighted by Crippen LogP contribution is 2.25. The molecular weight excluding hydrogens is 343 g/mol. The Hall–Kier alpha value is -3.80. The molecule has 6 heteroatoms. The number of anilines is 3. The van der Waals surface area contributed by atoms with Crippen LogP contribution in [0.2, 0.25) is 0 Å². The lowest BCUT2D eigenvalue weighted by Crippen LogP contribution is -2.15. The Morgan fingerprint density at radius 1 is 0.741 bits per heavy atom. The van der Waals surface area contributed by atoms with E-state index in [1.54, 1.807) is 36.4 Å². The second-order valence-electron chi connectivity index (χ2n) is 5.86. The molecule has 1 heterocycles. The van der Waals surface area contributed by atoms with E-state index in [1.807, 2.05) is 30.3 Å². The third-order valence-corrected chi connectivity index (χ3v) is 3.95. The van der Waals surface area contributed by atoms with Crippen molar-refractivity contribution in [3.63, 3.8) is 0 Å². The summed E-state index contributed by atoms with van der Waals surface area (Å²) >= 11 is 0. The van der Waals surface area contributed by atoms with Crippen LogP contribution in [0.4, 0.5) is 21.7 Å². The Kier molecular flexibility index (Phi) is 4.45. The fraction of sp³-hybridized carbons (Fsp3) is 0. The highest BCUT2D eigenvalue weighted by molar-refractivity contribution is 6.05.